The summed E-state index contributed by atoms with van der Waals surface area (Å²) in [5, 5.41) is 0.588. The van der Waals surface area contributed by atoms with E-state index in [1.807, 2.05) is 140 Å². The van der Waals surface area contributed by atoms with Crippen molar-refractivity contribution >= 4 is 17.8 Å². The molecule has 0 saturated carbocycles. The van der Waals surface area contributed by atoms with E-state index in [2.05, 4.69) is 0 Å². The van der Waals surface area contributed by atoms with Crippen LogP contribution in [0.3, 0.4) is 0 Å². The average Bonchev–Trinajstić information content (AvgIpc) is 3.60. The maximum Gasteiger partial charge on any atom is 0.508 e. The topological polar surface area (TPSA) is 90.9 Å². The minimum absolute atomic E-state index is 0.0180. The van der Waals surface area contributed by atoms with Gasteiger partial charge in [0.1, 0.15) is 30.2 Å². The minimum atomic E-state index is -1.56. The van der Waals surface area contributed by atoms with Crippen LogP contribution in [0.15, 0.2) is 133 Å². The van der Waals surface area contributed by atoms with E-state index >= 15 is 0 Å². The molecule has 10 heteroatoms. The maximum absolute atomic E-state index is 13.2. The Balaban J connectivity index is 1.34. The molecule has 7 rings (SSSR count). The summed E-state index contributed by atoms with van der Waals surface area (Å²) in [6.07, 6.45) is -4.15. The van der Waals surface area contributed by atoms with Gasteiger partial charge in [0.2, 0.25) is 5.79 Å². The van der Waals surface area contributed by atoms with Gasteiger partial charge in [-0.1, -0.05) is 121 Å². The van der Waals surface area contributed by atoms with Crippen molar-refractivity contribution in [2.24, 2.45) is 0 Å². The standard InChI is InChI=1S/C48H51ClO9/c1-5-51-41-24-21-35(22-25-41)27-39-28-40(23-26-42(39)49)48-45(54-31-38-19-13-8-14-20-38)43(52-29-36-15-9-6-10-16-36)44(53-30-37-17-11-7-12-18-37)47(58-48,32-55-48)34(4)57-46(50)56-33(2)3/h6-26,28,33-34,43-45H,5,27,29-32H2,1-4H3/t34?,43-,44?,45+,47+,48-/m0/s1. The zero-order valence-corrected chi connectivity index (χ0v) is 34.1. The third-order valence-corrected chi connectivity index (χ3v) is 10.9. The Hall–Kier alpha value is -4.74. The average molecular weight is 807 g/mol. The number of fused-ring (bicyclic) bond motifs is 2. The fraction of sp³-hybridized carbons (Fsp3) is 0.354. The van der Waals surface area contributed by atoms with Gasteiger partial charge in [0, 0.05) is 10.6 Å². The monoisotopic (exact) mass is 806 g/mol. The first-order valence-corrected chi connectivity index (χ1v) is 20.3. The lowest BCUT2D eigenvalue weighted by Crippen LogP contribution is -2.69. The van der Waals surface area contributed by atoms with Crippen molar-refractivity contribution in [2.45, 2.75) is 95.8 Å². The van der Waals surface area contributed by atoms with Crippen molar-refractivity contribution in [2.75, 3.05) is 13.2 Å². The number of hydrogen-bond donors (Lipinski definition) is 0. The second-order valence-corrected chi connectivity index (χ2v) is 15.4. The third-order valence-electron chi connectivity index (χ3n) is 10.5. The number of ether oxygens (including phenoxy) is 8. The molecule has 0 aliphatic carbocycles. The smallest absolute Gasteiger partial charge is 0.494 e. The Labute approximate surface area is 346 Å². The molecule has 2 bridgehead atoms. The summed E-state index contributed by atoms with van der Waals surface area (Å²) in [6, 6.07) is 43.5. The SMILES string of the molecule is CCOc1ccc(Cc2cc([C@]34OC[C@](C(C)OC(=O)OC(C)C)(O3)C(OCc3ccccc3)[C@H](OCc3ccccc3)[C@H]4OCc3ccccc3)ccc2Cl)cc1. The van der Waals surface area contributed by atoms with E-state index in [1.54, 1.807) is 20.8 Å². The van der Waals surface area contributed by atoms with E-state index in [0.717, 1.165) is 33.6 Å². The molecule has 58 heavy (non-hydrogen) atoms. The van der Waals surface area contributed by atoms with Gasteiger partial charge in [-0.25, -0.2) is 4.79 Å². The number of carbonyl (C=O) groups is 1. The van der Waals surface area contributed by atoms with Crippen LogP contribution in [0.25, 0.3) is 0 Å². The Morgan fingerprint density at radius 1 is 0.707 bits per heavy atom. The van der Waals surface area contributed by atoms with E-state index in [4.69, 9.17) is 49.5 Å². The summed E-state index contributed by atoms with van der Waals surface area (Å²) in [4.78, 5) is 13.2. The third kappa shape index (κ3) is 9.42. The van der Waals surface area contributed by atoms with Gasteiger partial charge in [-0.05, 0) is 86.2 Å². The van der Waals surface area contributed by atoms with Crippen LogP contribution in [0.1, 0.15) is 61.1 Å². The second kappa shape index (κ2) is 18.9. The number of benzene rings is 5. The lowest BCUT2D eigenvalue weighted by molar-refractivity contribution is -0.359. The normalized spacial score (nSPS) is 23.0. The quantitative estimate of drug-likeness (QED) is 0.0852. The van der Waals surface area contributed by atoms with Crippen molar-refractivity contribution in [3.8, 4) is 5.75 Å². The maximum atomic E-state index is 13.2. The zero-order chi connectivity index (χ0) is 40.5. The predicted octanol–water partition coefficient (Wildman–Crippen LogP) is 9.99. The van der Waals surface area contributed by atoms with E-state index in [-0.39, 0.29) is 26.4 Å². The minimum Gasteiger partial charge on any atom is -0.494 e. The molecule has 9 nitrogen and oxygen atoms in total. The molecule has 304 valence electrons. The molecule has 2 aliphatic rings. The number of hydrogen-bond acceptors (Lipinski definition) is 9. The highest BCUT2D eigenvalue weighted by molar-refractivity contribution is 6.31. The molecule has 0 spiro atoms. The molecule has 5 aromatic rings. The van der Waals surface area contributed by atoms with Crippen LogP contribution in [0.5, 0.6) is 5.75 Å². The van der Waals surface area contributed by atoms with Gasteiger partial charge in [0.05, 0.1) is 39.1 Å². The summed E-state index contributed by atoms with van der Waals surface area (Å²) < 4.78 is 52.4. The van der Waals surface area contributed by atoms with Crippen LogP contribution in [-0.4, -0.2) is 55.5 Å². The molecule has 0 aromatic heterocycles. The van der Waals surface area contributed by atoms with Gasteiger partial charge < -0.3 is 37.9 Å². The van der Waals surface area contributed by atoms with Gasteiger partial charge in [-0.3, -0.25) is 0 Å². The molecular formula is C48H51ClO9. The first kappa shape index (κ1) is 41.4. The van der Waals surface area contributed by atoms with Crippen molar-refractivity contribution in [1.29, 1.82) is 0 Å². The van der Waals surface area contributed by atoms with Crippen LogP contribution in [0, 0.1) is 0 Å². The second-order valence-electron chi connectivity index (χ2n) is 14.9. The highest BCUT2D eigenvalue weighted by Gasteiger charge is 2.72. The molecule has 2 fully saturated rings. The number of rotatable bonds is 17. The van der Waals surface area contributed by atoms with Gasteiger partial charge in [0.25, 0.3) is 0 Å². The Kier molecular flexibility index (Phi) is 13.5. The van der Waals surface area contributed by atoms with E-state index < -0.39 is 48.1 Å². The predicted molar refractivity (Wildman–Crippen MR) is 221 cm³/mol. The van der Waals surface area contributed by atoms with Crippen molar-refractivity contribution in [1.82, 2.24) is 0 Å². The van der Waals surface area contributed by atoms with Gasteiger partial charge in [-0.15, -0.1) is 0 Å². The summed E-state index contributed by atoms with van der Waals surface area (Å²) in [5.74, 6) is -0.755. The summed E-state index contributed by atoms with van der Waals surface area (Å²) in [7, 11) is 0. The van der Waals surface area contributed by atoms with Crippen LogP contribution in [-0.2, 0) is 65.2 Å². The molecule has 2 aliphatic heterocycles. The van der Waals surface area contributed by atoms with Crippen LogP contribution in [0.2, 0.25) is 5.02 Å². The van der Waals surface area contributed by atoms with E-state index in [0.29, 0.717) is 23.6 Å². The van der Waals surface area contributed by atoms with Gasteiger partial charge >= 0.3 is 6.16 Å². The molecular weight excluding hydrogens is 756 g/mol. The fourth-order valence-corrected chi connectivity index (χ4v) is 7.80. The summed E-state index contributed by atoms with van der Waals surface area (Å²) in [5.41, 5.74) is 4.06. The van der Waals surface area contributed by atoms with E-state index in [9.17, 15) is 4.79 Å². The summed E-state index contributed by atoms with van der Waals surface area (Å²) in [6.45, 7) is 8.52. The molecule has 0 radical (unpaired) electrons. The van der Waals surface area contributed by atoms with Gasteiger partial charge in [0.15, 0.2) is 5.60 Å². The van der Waals surface area contributed by atoms with E-state index in [1.165, 1.54) is 0 Å². The lowest BCUT2D eigenvalue weighted by atomic mass is 9.80. The molecule has 2 unspecified atom stereocenters. The molecule has 2 heterocycles. The number of carbonyl (C=O) groups excluding carboxylic acids is 1. The van der Waals surface area contributed by atoms with Crippen molar-refractivity contribution in [3.63, 3.8) is 0 Å². The molecule has 0 amide bonds. The summed E-state index contributed by atoms with van der Waals surface area (Å²) >= 11 is 6.93. The first-order valence-electron chi connectivity index (χ1n) is 19.9. The van der Waals surface area contributed by atoms with Crippen molar-refractivity contribution in [3.05, 3.63) is 172 Å². The Morgan fingerprint density at radius 2 is 1.28 bits per heavy atom. The van der Waals surface area contributed by atoms with Crippen molar-refractivity contribution < 1.29 is 42.7 Å². The lowest BCUT2D eigenvalue weighted by Gasteiger charge is -2.52. The fourth-order valence-electron chi connectivity index (χ4n) is 7.62. The first-order chi connectivity index (χ1) is 28.2. The van der Waals surface area contributed by atoms with Crippen LogP contribution >= 0.6 is 11.6 Å². The van der Waals surface area contributed by atoms with Crippen LogP contribution in [0.4, 0.5) is 4.79 Å². The Morgan fingerprint density at radius 3 is 1.84 bits per heavy atom. The highest BCUT2D eigenvalue weighted by Crippen LogP contribution is 2.55. The van der Waals surface area contributed by atoms with Gasteiger partial charge in [-0.2, -0.15) is 0 Å². The molecule has 2 saturated heterocycles. The molecule has 6 atom stereocenters. The largest absolute Gasteiger partial charge is 0.508 e. The number of halogens is 1. The molecule has 5 aromatic carbocycles. The zero-order valence-electron chi connectivity index (χ0n) is 33.4. The molecule has 0 N–H and O–H groups in total. The van der Waals surface area contributed by atoms with Crippen LogP contribution < -0.4 is 4.74 Å². The Bertz CT molecular complexity index is 2060. The highest BCUT2D eigenvalue weighted by atomic mass is 35.5.